The van der Waals surface area contributed by atoms with Crippen LogP contribution in [0.1, 0.15) is 27.2 Å². The van der Waals surface area contributed by atoms with Gasteiger partial charge in [-0.05, 0) is 49.6 Å². The highest BCUT2D eigenvalue weighted by Gasteiger charge is 2.09. The number of benzene rings is 1. The van der Waals surface area contributed by atoms with E-state index in [-0.39, 0.29) is 5.91 Å². The van der Waals surface area contributed by atoms with Crippen LogP contribution in [0.25, 0.3) is 10.9 Å². The van der Waals surface area contributed by atoms with Gasteiger partial charge in [-0.3, -0.25) is 9.48 Å². The van der Waals surface area contributed by atoms with Crippen LogP contribution in [0.5, 0.6) is 0 Å². The number of rotatable bonds is 4. The largest absolute Gasteiger partial charge is 0.358 e. The molecular formula is C17H20N4O. The van der Waals surface area contributed by atoms with Crippen LogP contribution in [0.2, 0.25) is 0 Å². The second kappa shape index (κ2) is 5.67. The summed E-state index contributed by atoms with van der Waals surface area (Å²) in [4.78, 5) is 15.6. The topological polar surface area (TPSA) is 62.7 Å². The molecule has 0 spiro atoms. The number of fused-ring (bicyclic) bond motifs is 1. The molecule has 0 aliphatic heterocycles. The molecule has 0 atom stereocenters. The summed E-state index contributed by atoms with van der Waals surface area (Å²) in [5, 5.41) is 8.19. The second-order valence-corrected chi connectivity index (χ2v) is 5.66. The third-order valence-electron chi connectivity index (χ3n) is 4.03. The Morgan fingerprint density at radius 2 is 2.18 bits per heavy atom. The van der Waals surface area contributed by atoms with E-state index >= 15 is 0 Å². The first-order chi connectivity index (χ1) is 10.5. The van der Waals surface area contributed by atoms with E-state index in [0.717, 1.165) is 28.6 Å². The van der Waals surface area contributed by atoms with Crippen LogP contribution >= 0.6 is 0 Å². The fourth-order valence-corrected chi connectivity index (χ4v) is 2.63. The minimum absolute atomic E-state index is 0.0379. The molecule has 2 aromatic heterocycles. The SMILES string of the molecule is Cc1[nH]c2ccc(C(=O)NCCc3cnn(C)c3)cc2c1C. The van der Waals surface area contributed by atoms with Crippen molar-refractivity contribution in [3.8, 4) is 0 Å². The number of carbonyl (C=O) groups excluding carboxylic acids is 1. The van der Waals surface area contributed by atoms with Gasteiger partial charge >= 0.3 is 0 Å². The summed E-state index contributed by atoms with van der Waals surface area (Å²) in [6.45, 7) is 4.72. The van der Waals surface area contributed by atoms with Gasteiger partial charge in [-0.15, -0.1) is 0 Å². The summed E-state index contributed by atoms with van der Waals surface area (Å²) >= 11 is 0. The Morgan fingerprint density at radius 3 is 2.91 bits per heavy atom. The molecule has 114 valence electrons. The van der Waals surface area contributed by atoms with E-state index in [1.165, 1.54) is 5.56 Å². The molecule has 0 aliphatic rings. The van der Waals surface area contributed by atoms with E-state index in [1.807, 2.05) is 44.6 Å². The Kier molecular flexibility index (Phi) is 3.71. The molecule has 5 heteroatoms. The van der Waals surface area contributed by atoms with Gasteiger partial charge in [0.15, 0.2) is 0 Å². The van der Waals surface area contributed by atoms with E-state index in [4.69, 9.17) is 0 Å². The molecule has 0 bridgehead atoms. The van der Waals surface area contributed by atoms with Crippen molar-refractivity contribution in [1.29, 1.82) is 0 Å². The number of nitrogens with one attached hydrogen (secondary N) is 2. The van der Waals surface area contributed by atoms with Crippen LogP contribution < -0.4 is 5.32 Å². The van der Waals surface area contributed by atoms with E-state index in [1.54, 1.807) is 4.68 Å². The van der Waals surface area contributed by atoms with Crippen LogP contribution in [0.3, 0.4) is 0 Å². The third-order valence-corrected chi connectivity index (χ3v) is 4.03. The Morgan fingerprint density at radius 1 is 1.36 bits per heavy atom. The maximum Gasteiger partial charge on any atom is 0.251 e. The maximum atomic E-state index is 12.3. The third kappa shape index (κ3) is 2.74. The molecule has 1 amide bonds. The maximum absolute atomic E-state index is 12.3. The van der Waals surface area contributed by atoms with Crippen LogP contribution in [0.15, 0.2) is 30.6 Å². The monoisotopic (exact) mass is 296 g/mol. The van der Waals surface area contributed by atoms with Gasteiger partial charge in [0, 0.05) is 41.9 Å². The number of hydrogen-bond acceptors (Lipinski definition) is 2. The number of nitrogens with zero attached hydrogens (tertiary/aromatic N) is 2. The first kappa shape index (κ1) is 14.4. The number of amides is 1. The number of aromatic amines is 1. The van der Waals surface area contributed by atoms with Crippen molar-refractivity contribution in [3.05, 3.63) is 53.0 Å². The molecular weight excluding hydrogens is 276 g/mol. The Bertz CT molecular complexity index is 828. The van der Waals surface area contributed by atoms with Gasteiger partial charge in [0.1, 0.15) is 0 Å². The summed E-state index contributed by atoms with van der Waals surface area (Å²) < 4.78 is 1.77. The molecule has 1 aromatic carbocycles. The summed E-state index contributed by atoms with van der Waals surface area (Å²) in [6.07, 6.45) is 4.57. The lowest BCUT2D eigenvalue weighted by Crippen LogP contribution is -2.25. The summed E-state index contributed by atoms with van der Waals surface area (Å²) in [7, 11) is 1.89. The predicted molar refractivity (Wildman–Crippen MR) is 87.0 cm³/mol. The van der Waals surface area contributed by atoms with Gasteiger partial charge in [0.2, 0.25) is 0 Å². The highest BCUT2D eigenvalue weighted by Crippen LogP contribution is 2.22. The predicted octanol–water partition coefficient (Wildman–Crippen LogP) is 2.49. The lowest BCUT2D eigenvalue weighted by molar-refractivity contribution is 0.0954. The second-order valence-electron chi connectivity index (χ2n) is 5.66. The minimum Gasteiger partial charge on any atom is -0.358 e. The van der Waals surface area contributed by atoms with E-state index in [9.17, 15) is 4.79 Å². The van der Waals surface area contributed by atoms with Gasteiger partial charge in [-0.1, -0.05) is 0 Å². The summed E-state index contributed by atoms with van der Waals surface area (Å²) in [5.41, 5.74) is 5.22. The molecule has 0 fully saturated rings. The Hall–Kier alpha value is -2.56. The van der Waals surface area contributed by atoms with Crippen molar-refractivity contribution in [3.63, 3.8) is 0 Å². The zero-order chi connectivity index (χ0) is 15.7. The molecule has 22 heavy (non-hydrogen) atoms. The number of carbonyl (C=O) groups is 1. The van der Waals surface area contributed by atoms with Gasteiger partial charge in [-0.2, -0.15) is 5.10 Å². The molecule has 3 rings (SSSR count). The average molecular weight is 296 g/mol. The number of aromatic nitrogens is 3. The summed E-state index contributed by atoms with van der Waals surface area (Å²) in [5.74, 6) is -0.0379. The van der Waals surface area contributed by atoms with Gasteiger partial charge in [0.25, 0.3) is 5.91 Å². The summed E-state index contributed by atoms with van der Waals surface area (Å²) in [6, 6.07) is 5.77. The van der Waals surface area contributed by atoms with Crippen LogP contribution in [0.4, 0.5) is 0 Å². The van der Waals surface area contributed by atoms with E-state index in [0.29, 0.717) is 12.1 Å². The molecule has 5 nitrogen and oxygen atoms in total. The lowest BCUT2D eigenvalue weighted by atomic mass is 10.1. The quantitative estimate of drug-likeness (QED) is 0.777. The van der Waals surface area contributed by atoms with Crippen molar-refractivity contribution >= 4 is 16.8 Å². The fourth-order valence-electron chi connectivity index (χ4n) is 2.63. The van der Waals surface area contributed by atoms with Crippen LogP contribution in [0, 0.1) is 13.8 Å². The van der Waals surface area contributed by atoms with Crippen molar-refractivity contribution in [2.75, 3.05) is 6.54 Å². The smallest absolute Gasteiger partial charge is 0.251 e. The van der Waals surface area contributed by atoms with Crippen molar-refractivity contribution < 1.29 is 4.79 Å². The fraction of sp³-hybridized carbons (Fsp3) is 0.294. The zero-order valence-electron chi connectivity index (χ0n) is 13.1. The van der Waals surface area contributed by atoms with Gasteiger partial charge in [-0.25, -0.2) is 0 Å². The number of hydrogen-bond donors (Lipinski definition) is 2. The Labute approximate surface area is 129 Å². The number of aryl methyl sites for hydroxylation is 3. The van der Waals surface area contributed by atoms with Crippen LogP contribution in [-0.4, -0.2) is 27.2 Å². The number of H-pyrrole nitrogens is 1. The molecule has 0 aliphatic carbocycles. The molecule has 0 unspecified atom stereocenters. The van der Waals surface area contributed by atoms with Crippen molar-refractivity contribution in [2.24, 2.45) is 7.05 Å². The van der Waals surface area contributed by atoms with Gasteiger partial charge in [0.05, 0.1) is 6.20 Å². The molecule has 0 saturated heterocycles. The lowest BCUT2D eigenvalue weighted by Gasteiger charge is -2.05. The zero-order valence-corrected chi connectivity index (χ0v) is 13.1. The highest BCUT2D eigenvalue weighted by molar-refractivity contribution is 5.99. The normalized spacial score (nSPS) is 11.0. The Balaban J connectivity index is 1.68. The van der Waals surface area contributed by atoms with E-state index in [2.05, 4.69) is 22.3 Å². The highest BCUT2D eigenvalue weighted by atomic mass is 16.1. The molecule has 0 saturated carbocycles. The van der Waals surface area contributed by atoms with Crippen molar-refractivity contribution in [2.45, 2.75) is 20.3 Å². The standard InChI is InChI=1S/C17H20N4O/c1-11-12(2)20-16-5-4-14(8-15(11)16)17(22)18-7-6-13-9-19-21(3)10-13/h4-5,8-10,20H,6-7H2,1-3H3,(H,18,22). The van der Waals surface area contributed by atoms with Crippen molar-refractivity contribution in [1.82, 2.24) is 20.1 Å². The first-order valence-electron chi connectivity index (χ1n) is 7.39. The van der Waals surface area contributed by atoms with E-state index < -0.39 is 0 Å². The average Bonchev–Trinajstić information content (AvgIpc) is 3.03. The minimum atomic E-state index is -0.0379. The molecule has 3 aromatic rings. The molecule has 0 radical (unpaired) electrons. The first-order valence-corrected chi connectivity index (χ1v) is 7.39. The van der Waals surface area contributed by atoms with Gasteiger partial charge < -0.3 is 10.3 Å². The molecule has 2 heterocycles. The molecule has 2 N–H and O–H groups in total. The van der Waals surface area contributed by atoms with Crippen LogP contribution in [-0.2, 0) is 13.5 Å².